The van der Waals surface area contributed by atoms with E-state index in [9.17, 15) is 14.4 Å². The topological polar surface area (TPSA) is 66.0 Å². The van der Waals surface area contributed by atoms with Crippen LogP contribution < -0.4 is 17.1 Å². The van der Waals surface area contributed by atoms with Crippen LogP contribution in [0, 0.1) is 0 Å². The SMILES string of the molecule is CC=Cn1c(=O)n(C=CC)c(=O)n(CCC)c1=O. The molecule has 0 aliphatic heterocycles. The Labute approximate surface area is 104 Å². The summed E-state index contributed by atoms with van der Waals surface area (Å²) in [4.78, 5) is 35.9. The summed E-state index contributed by atoms with van der Waals surface area (Å²) in [5.74, 6) is 0. The molecule has 1 rings (SSSR count). The first-order valence-corrected chi connectivity index (χ1v) is 5.82. The van der Waals surface area contributed by atoms with Crippen LogP contribution in [0.15, 0.2) is 26.5 Å². The molecular weight excluding hydrogens is 234 g/mol. The highest BCUT2D eigenvalue weighted by Gasteiger charge is 2.11. The highest BCUT2D eigenvalue weighted by molar-refractivity contribution is 5.24. The smallest absolute Gasteiger partial charge is 0.247 e. The van der Waals surface area contributed by atoms with E-state index in [4.69, 9.17) is 0 Å². The summed E-state index contributed by atoms with van der Waals surface area (Å²) in [5, 5.41) is 0. The van der Waals surface area contributed by atoms with E-state index in [-0.39, 0.29) is 6.54 Å². The molecule has 6 heteroatoms. The molecule has 98 valence electrons. The van der Waals surface area contributed by atoms with E-state index in [0.717, 1.165) is 13.7 Å². The Balaban J connectivity index is 3.82. The minimum absolute atomic E-state index is 0.285. The fraction of sp³-hybridized carbons (Fsp3) is 0.417. The first-order chi connectivity index (χ1) is 8.58. The number of aromatic nitrogens is 3. The molecule has 6 nitrogen and oxygen atoms in total. The molecule has 0 amide bonds. The summed E-state index contributed by atoms with van der Waals surface area (Å²) in [6.07, 6.45) is 6.50. The van der Waals surface area contributed by atoms with E-state index in [1.807, 2.05) is 6.92 Å². The maximum Gasteiger partial charge on any atom is 0.344 e. The normalized spacial score (nSPS) is 11.7. The average molecular weight is 251 g/mol. The summed E-state index contributed by atoms with van der Waals surface area (Å²) in [7, 11) is 0. The fourth-order valence-electron chi connectivity index (χ4n) is 1.59. The van der Waals surface area contributed by atoms with Crippen molar-refractivity contribution in [1.29, 1.82) is 0 Å². The number of nitrogens with zero attached hydrogens (tertiary/aromatic N) is 3. The van der Waals surface area contributed by atoms with Crippen molar-refractivity contribution in [2.45, 2.75) is 33.7 Å². The first-order valence-electron chi connectivity index (χ1n) is 5.82. The quantitative estimate of drug-likeness (QED) is 0.785. The summed E-state index contributed by atoms with van der Waals surface area (Å²) < 4.78 is 2.91. The van der Waals surface area contributed by atoms with Crippen molar-refractivity contribution in [2.24, 2.45) is 0 Å². The van der Waals surface area contributed by atoms with Gasteiger partial charge in [0, 0.05) is 18.9 Å². The minimum Gasteiger partial charge on any atom is -0.247 e. The van der Waals surface area contributed by atoms with Gasteiger partial charge in [-0.1, -0.05) is 19.1 Å². The molecule has 0 aliphatic carbocycles. The predicted molar refractivity (Wildman–Crippen MR) is 71.5 cm³/mol. The van der Waals surface area contributed by atoms with E-state index in [2.05, 4.69) is 0 Å². The Morgan fingerprint density at radius 2 is 1.33 bits per heavy atom. The third-order valence-electron chi connectivity index (χ3n) is 2.33. The molecule has 0 saturated heterocycles. The predicted octanol–water partition coefficient (Wildman–Crippen LogP) is 0.563. The largest absolute Gasteiger partial charge is 0.344 e. The third kappa shape index (κ3) is 2.42. The van der Waals surface area contributed by atoms with Crippen LogP contribution >= 0.6 is 0 Å². The van der Waals surface area contributed by atoms with Crippen molar-refractivity contribution in [2.75, 3.05) is 0 Å². The second kappa shape index (κ2) is 6.00. The van der Waals surface area contributed by atoms with Crippen molar-refractivity contribution in [3.8, 4) is 0 Å². The number of hydrogen-bond acceptors (Lipinski definition) is 3. The van der Waals surface area contributed by atoms with Gasteiger partial charge in [-0.2, -0.15) is 0 Å². The van der Waals surface area contributed by atoms with E-state index in [0.29, 0.717) is 6.42 Å². The van der Waals surface area contributed by atoms with E-state index in [1.54, 1.807) is 26.0 Å². The van der Waals surface area contributed by atoms with E-state index < -0.39 is 17.1 Å². The van der Waals surface area contributed by atoms with Crippen LogP contribution in [0.4, 0.5) is 0 Å². The number of rotatable bonds is 4. The van der Waals surface area contributed by atoms with Gasteiger partial charge in [0.25, 0.3) is 0 Å². The Morgan fingerprint density at radius 1 is 0.889 bits per heavy atom. The van der Waals surface area contributed by atoms with Gasteiger partial charge in [0.2, 0.25) is 0 Å². The molecule has 0 bridgehead atoms. The second-order valence-electron chi connectivity index (χ2n) is 3.70. The zero-order valence-corrected chi connectivity index (χ0v) is 10.8. The maximum atomic E-state index is 12.0. The highest BCUT2D eigenvalue weighted by atomic mass is 16.2. The fourth-order valence-corrected chi connectivity index (χ4v) is 1.59. The molecule has 0 aliphatic rings. The van der Waals surface area contributed by atoms with Gasteiger partial charge in [-0.15, -0.1) is 0 Å². The Bertz CT molecular complexity index is 594. The average Bonchev–Trinajstić information content (AvgIpc) is 2.35. The zero-order chi connectivity index (χ0) is 13.7. The minimum atomic E-state index is -0.659. The van der Waals surface area contributed by atoms with Crippen LogP contribution in [0.1, 0.15) is 27.2 Å². The lowest BCUT2D eigenvalue weighted by Crippen LogP contribution is -2.51. The monoisotopic (exact) mass is 251 g/mol. The van der Waals surface area contributed by atoms with Crippen LogP contribution in [0.25, 0.3) is 12.4 Å². The van der Waals surface area contributed by atoms with Crippen LogP contribution in [0.2, 0.25) is 0 Å². The molecule has 1 aromatic heterocycles. The van der Waals surface area contributed by atoms with E-state index >= 15 is 0 Å². The van der Waals surface area contributed by atoms with Gasteiger partial charge in [-0.3, -0.25) is 0 Å². The van der Waals surface area contributed by atoms with E-state index in [1.165, 1.54) is 12.4 Å². The maximum absolute atomic E-state index is 12.0. The van der Waals surface area contributed by atoms with Crippen molar-refractivity contribution >= 4 is 12.4 Å². The molecule has 0 unspecified atom stereocenters. The Morgan fingerprint density at radius 3 is 1.67 bits per heavy atom. The zero-order valence-electron chi connectivity index (χ0n) is 10.8. The van der Waals surface area contributed by atoms with Gasteiger partial charge >= 0.3 is 17.1 Å². The lowest BCUT2D eigenvalue weighted by Gasteiger charge is -2.08. The summed E-state index contributed by atoms with van der Waals surface area (Å²) >= 11 is 0. The van der Waals surface area contributed by atoms with Gasteiger partial charge in [-0.05, 0) is 20.3 Å². The lowest BCUT2D eigenvalue weighted by atomic mass is 10.5. The molecular formula is C12H17N3O3. The molecule has 1 heterocycles. The van der Waals surface area contributed by atoms with Gasteiger partial charge < -0.3 is 0 Å². The van der Waals surface area contributed by atoms with Crippen molar-refractivity contribution < 1.29 is 0 Å². The van der Waals surface area contributed by atoms with Gasteiger partial charge in [-0.25, -0.2) is 28.1 Å². The number of hydrogen-bond donors (Lipinski definition) is 0. The molecule has 0 atom stereocenters. The summed E-state index contributed by atoms with van der Waals surface area (Å²) in [6, 6.07) is 0. The standard InChI is InChI=1S/C12H17N3O3/c1-4-7-13-10(16)14(8-5-2)12(18)15(9-6-3)11(13)17/h4-5,7-8H,6,9H2,1-3H3. The molecule has 0 N–H and O–H groups in total. The molecule has 0 radical (unpaired) electrons. The van der Waals surface area contributed by atoms with Crippen molar-refractivity contribution in [3.05, 3.63) is 43.6 Å². The second-order valence-corrected chi connectivity index (χ2v) is 3.70. The molecule has 1 aromatic rings. The third-order valence-corrected chi connectivity index (χ3v) is 2.33. The van der Waals surface area contributed by atoms with Gasteiger partial charge in [0.05, 0.1) is 0 Å². The Kier molecular flexibility index (Phi) is 4.65. The molecule has 0 saturated carbocycles. The lowest BCUT2D eigenvalue weighted by molar-refractivity contribution is 0.551. The molecule has 0 spiro atoms. The summed E-state index contributed by atoms with van der Waals surface area (Å²) in [5.41, 5.74) is -1.87. The van der Waals surface area contributed by atoms with Crippen molar-refractivity contribution in [1.82, 2.24) is 13.7 Å². The highest BCUT2D eigenvalue weighted by Crippen LogP contribution is 1.82. The van der Waals surface area contributed by atoms with Crippen LogP contribution in [-0.4, -0.2) is 13.7 Å². The molecule has 0 fully saturated rings. The first kappa shape index (κ1) is 14.0. The van der Waals surface area contributed by atoms with Gasteiger partial charge in [0.1, 0.15) is 0 Å². The van der Waals surface area contributed by atoms with Crippen LogP contribution in [-0.2, 0) is 6.54 Å². The summed E-state index contributed by atoms with van der Waals surface area (Å²) in [6.45, 7) is 5.53. The number of allylic oxidation sites excluding steroid dienone is 2. The molecule has 18 heavy (non-hydrogen) atoms. The van der Waals surface area contributed by atoms with Crippen LogP contribution in [0.3, 0.4) is 0 Å². The van der Waals surface area contributed by atoms with Gasteiger partial charge in [0.15, 0.2) is 0 Å². The molecule has 0 aromatic carbocycles. The van der Waals surface area contributed by atoms with Crippen LogP contribution in [0.5, 0.6) is 0 Å². The van der Waals surface area contributed by atoms with Crippen molar-refractivity contribution in [3.63, 3.8) is 0 Å². The Hall–Kier alpha value is -2.11.